The molecule has 0 aliphatic carbocycles. The van der Waals surface area contributed by atoms with Crippen molar-refractivity contribution in [2.24, 2.45) is 23.3 Å². The standard InChI is InChI=1S/C48H62N8O6/c1-31(2)41(49)47(61)55-39(29-35-21-13-7-14-22-35)45(59)53-37(27-33-17-9-5-10-18-33)43(57)51-25-26-52-44(58)38(28-34-19-11-6-12-20-34)54-46(60)40(30-36-23-15-8-16-24-36)56-48(62)42(50)32(3)4/h5-24,31-32,37-42H,25-30,49-50H2,1-4H3,(H,51,57)(H,52,58)(H,53,59)(H,54,60)(H,55,61)(H,56,62)/t37-,38-,39-,40-,41-,42-/m0/s1. The predicted molar refractivity (Wildman–Crippen MR) is 240 cm³/mol. The van der Waals surface area contributed by atoms with Crippen LogP contribution in [0.15, 0.2) is 121 Å². The Kier molecular flexibility index (Phi) is 19.3. The second-order valence-electron chi connectivity index (χ2n) is 16.1. The number of rotatable bonds is 23. The maximum atomic E-state index is 13.9. The van der Waals surface area contributed by atoms with E-state index in [1.54, 1.807) is 0 Å². The van der Waals surface area contributed by atoms with Crippen LogP contribution in [-0.2, 0) is 54.5 Å². The predicted octanol–water partition coefficient (Wildman–Crippen LogP) is 2.10. The van der Waals surface area contributed by atoms with Gasteiger partial charge in [0.15, 0.2) is 0 Å². The van der Waals surface area contributed by atoms with E-state index in [2.05, 4.69) is 31.9 Å². The number of amides is 6. The zero-order chi connectivity index (χ0) is 45.0. The summed E-state index contributed by atoms with van der Waals surface area (Å²) in [7, 11) is 0. The van der Waals surface area contributed by atoms with E-state index in [1.165, 1.54) is 0 Å². The molecule has 0 unspecified atom stereocenters. The normalized spacial score (nSPS) is 14.0. The van der Waals surface area contributed by atoms with Crippen LogP contribution in [0, 0.1) is 11.8 Å². The van der Waals surface area contributed by atoms with Gasteiger partial charge in [0.25, 0.3) is 0 Å². The van der Waals surface area contributed by atoms with E-state index in [9.17, 15) is 28.8 Å². The van der Waals surface area contributed by atoms with Crippen molar-refractivity contribution < 1.29 is 28.8 Å². The Hall–Kier alpha value is -6.38. The summed E-state index contributed by atoms with van der Waals surface area (Å²) in [5, 5.41) is 16.9. The molecular weight excluding hydrogens is 785 g/mol. The molecule has 0 radical (unpaired) electrons. The van der Waals surface area contributed by atoms with E-state index in [-0.39, 0.29) is 50.6 Å². The van der Waals surface area contributed by atoms with Gasteiger partial charge in [-0.05, 0) is 34.1 Å². The second-order valence-corrected chi connectivity index (χ2v) is 16.1. The van der Waals surface area contributed by atoms with Crippen LogP contribution in [0.1, 0.15) is 49.9 Å². The molecule has 4 aromatic rings. The van der Waals surface area contributed by atoms with Crippen molar-refractivity contribution >= 4 is 35.4 Å². The summed E-state index contributed by atoms with van der Waals surface area (Å²) in [6, 6.07) is 31.0. The highest BCUT2D eigenvalue weighted by molar-refractivity contribution is 5.94. The SMILES string of the molecule is CC(C)[C@H](N)C(=O)N[C@@H](Cc1ccccc1)C(=O)N[C@@H](Cc1ccccc1)C(=O)NCCNC(=O)[C@H](Cc1ccccc1)NC(=O)[C@H](Cc1ccccc1)NC(=O)[C@@H](N)C(C)C. The third-order valence-electron chi connectivity index (χ3n) is 10.4. The van der Waals surface area contributed by atoms with Crippen molar-refractivity contribution in [2.75, 3.05) is 13.1 Å². The van der Waals surface area contributed by atoms with Gasteiger partial charge in [-0.3, -0.25) is 28.8 Å². The van der Waals surface area contributed by atoms with Crippen LogP contribution in [0.4, 0.5) is 0 Å². The Morgan fingerprint density at radius 1 is 0.371 bits per heavy atom. The summed E-state index contributed by atoms with van der Waals surface area (Å²) in [6.45, 7) is 7.24. The fourth-order valence-corrected chi connectivity index (χ4v) is 6.54. The zero-order valence-corrected chi connectivity index (χ0v) is 36.0. The Morgan fingerprint density at radius 2 is 0.597 bits per heavy atom. The molecule has 0 spiro atoms. The first-order valence-electron chi connectivity index (χ1n) is 21.2. The van der Waals surface area contributed by atoms with E-state index >= 15 is 0 Å². The fraction of sp³-hybridized carbons (Fsp3) is 0.375. The van der Waals surface area contributed by atoms with Crippen molar-refractivity contribution in [3.05, 3.63) is 144 Å². The van der Waals surface area contributed by atoms with Gasteiger partial charge in [0, 0.05) is 38.8 Å². The van der Waals surface area contributed by atoms with Crippen molar-refractivity contribution in [1.82, 2.24) is 31.9 Å². The molecule has 62 heavy (non-hydrogen) atoms. The number of nitrogens with one attached hydrogen (secondary N) is 6. The first kappa shape index (κ1) is 48.3. The molecule has 6 atom stereocenters. The molecule has 0 heterocycles. The smallest absolute Gasteiger partial charge is 0.243 e. The molecule has 330 valence electrons. The molecule has 0 aliphatic rings. The summed E-state index contributed by atoms with van der Waals surface area (Å²) >= 11 is 0. The zero-order valence-electron chi connectivity index (χ0n) is 36.0. The van der Waals surface area contributed by atoms with Gasteiger partial charge < -0.3 is 43.4 Å². The number of carbonyl (C=O) groups is 6. The molecule has 0 fully saturated rings. The summed E-state index contributed by atoms with van der Waals surface area (Å²) in [6.07, 6.45) is 0.632. The van der Waals surface area contributed by atoms with Gasteiger partial charge >= 0.3 is 0 Å². The van der Waals surface area contributed by atoms with E-state index in [4.69, 9.17) is 11.5 Å². The molecule has 14 nitrogen and oxygen atoms in total. The monoisotopic (exact) mass is 846 g/mol. The second kappa shape index (κ2) is 24.8. The van der Waals surface area contributed by atoms with Crippen molar-refractivity contribution in [3.8, 4) is 0 Å². The number of nitrogens with two attached hydrogens (primary N) is 2. The van der Waals surface area contributed by atoms with Gasteiger partial charge in [0.2, 0.25) is 35.4 Å². The fourth-order valence-electron chi connectivity index (χ4n) is 6.54. The maximum Gasteiger partial charge on any atom is 0.243 e. The minimum atomic E-state index is -1.04. The Bertz CT molecular complexity index is 1890. The highest BCUT2D eigenvalue weighted by Crippen LogP contribution is 2.11. The third-order valence-corrected chi connectivity index (χ3v) is 10.4. The van der Waals surface area contributed by atoms with E-state index in [0.717, 1.165) is 22.3 Å². The maximum absolute atomic E-state index is 13.9. The minimum Gasteiger partial charge on any atom is -0.353 e. The van der Waals surface area contributed by atoms with Crippen LogP contribution in [-0.4, -0.2) is 84.8 Å². The molecule has 6 amide bonds. The molecule has 0 bridgehead atoms. The molecule has 14 heteroatoms. The lowest BCUT2D eigenvalue weighted by Gasteiger charge is -2.26. The Labute approximate surface area is 364 Å². The first-order valence-corrected chi connectivity index (χ1v) is 21.2. The average Bonchev–Trinajstić information content (AvgIpc) is 3.27. The first-order chi connectivity index (χ1) is 29.7. The largest absolute Gasteiger partial charge is 0.353 e. The van der Waals surface area contributed by atoms with Crippen LogP contribution in [0.3, 0.4) is 0 Å². The molecule has 4 rings (SSSR count). The molecular formula is C48H62N8O6. The molecule has 0 aliphatic heterocycles. The summed E-state index contributed by atoms with van der Waals surface area (Å²) in [5.41, 5.74) is 15.4. The molecule has 4 aromatic carbocycles. The highest BCUT2D eigenvalue weighted by Gasteiger charge is 2.31. The lowest BCUT2D eigenvalue weighted by Crippen LogP contribution is -2.58. The topological polar surface area (TPSA) is 227 Å². The van der Waals surface area contributed by atoms with Crippen LogP contribution < -0.4 is 43.4 Å². The van der Waals surface area contributed by atoms with E-state index < -0.39 is 71.7 Å². The lowest BCUT2D eigenvalue weighted by molar-refractivity contribution is -0.133. The molecule has 0 saturated heterocycles. The molecule has 0 aromatic heterocycles. The van der Waals surface area contributed by atoms with Gasteiger partial charge in [0.05, 0.1) is 12.1 Å². The average molecular weight is 847 g/mol. The van der Waals surface area contributed by atoms with Gasteiger partial charge in [0.1, 0.15) is 24.2 Å². The van der Waals surface area contributed by atoms with Crippen LogP contribution in [0.2, 0.25) is 0 Å². The van der Waals surface area contributed by atoms with Gasteiger partial charge in [-0.2, -0.15) is 0 Å². The number of benzene rings is 4. The molecule has 10 N–H and O–H groups in total. The number of carbonyl (C=O) groups excluding carboxylic acids is 6. The van der Waals surface area contributed by atoms with Crippen molar-refractivity contribution in [1.29, 1.82) is 0 Å². The Morgan fingerprint density at radius 3 is 0.839 bits per heavy atom. The van der Waals surface area contributed by atoms with Crippen molar-refractivity contribution in [2.45, 2.75) is 89.6 Å². The number of hydrogen-bond donors (Lipinski definition) is 8. The lowest BCUT2D eigenvalue weighted by atomic mass is 10.0. The quantitative estimate of drug-likeness (QED) is 0.0515. The van der Waals surface area contributed by atoms with Crippen LogP contribution >= 0.6 is 0 Å². The van der Waals surface area contributed by atoms with Gasteiger partial charge in [-0.25, -0.2) is 0 Å². The van der Waals surface area contributed by atoms with Crippen LogP contribution in [0.5, 0.6) is 0 Å². The van der Waals surface area contributed by atoms with Crippen LogP contribution in [0.25, 0.3) is 0 Å². The highest BCUT2D eigenvalue weighted by atomic mass is 16.2. The van der Waals surface area contributed by atoms with Gasteiger partial charge in [-0.15, -0.1) is 0 Å². The molecule has 0 saturated carbocycles. The summed E-state index contributed by atoms with van der Waals surface area (Å²) < 4.78 is 0. The third kappa shape index (κ3) is 15.9. The Balaban J connectivity index is 1.46. The van der Waals surface area contributed by atoms with Crippen molar-refractivity contribution in [3.63, 3.8) is 0 Å². The van der Waals surface area contributed by atoms with Gasteiger partial charge in [-0.1, -0.05) is 149 Å². The summed E-state index contributed by atoms with van der Waals surface area (Å²) in [5.74, 6) is -3.44. The van der Waals surface area contributed by atoms with E-state index in [0.29, 0.717) is 0 Å². The summed E-state index contributed by atoms with van der Waals surface area (Å²) in [4.78, 5) is 81.6. The minimum absolute atomic E-state index is 0.00899. The van der Waals surface area contributed by atoms with E-state index in [1.807, 2.05) is 149 Å². The number of hydrogen-bond acceptors (Lipinski definition) is 8.